The van der Waals surface area contributed by atoms with E-state index in [1.54, 1.807) is 0 Å². The summed E-state index contributed by atoms with van der Waals surface area (Å²) in [4.78, 5) is 15.2. The molecule has 0 aliphatic heterocycles. The summed E-state index contributed by atoms with van der Waals surface area (Å²) in [7, 11) is 3.97. The molecule has 2 aromatic carbocycles. The fourth-order valence-corrected chi connectivity index (χ4v) is 3.00. The molecule has 134 valence electrons. The fourth-order valence-electron chi connectivity index (χ4n) is 2.38. The summed E-state index contributed by atoms with van der Waals surface area (Å²) < 4.78 is 0. The molecule has 2 N–H and O–H groups in total. The Kier molecular flexibility index (Phi) is 7.08. The number of carbonyl (C=O) groups is 1. The number of nitrogens with one attached hydrogen (secondary N) is 2. The van der Waals surface area contributed by atoms with Crippen LogP contribution in [0.1, 0.15) is 16.4 Å². The number of carbonyl (C=O) groups excluding carboxylic acids is 1. The lowest BCUT2D eigenvalue weighted by Gasteiger charge is -2.16. The van der Waals surface area contributed by atoms with Gasteiger partial charge in [-0.05, 0) is 42.3 Å². The van der Waals surface area contributed by atoms with Gasteiger partial charge in [0.1, 0.15) is 5.25 Å². The predicted molar refractivity (Wildman–Crippen MR) is 112 cm³/mol. The maximum absolute atomic E-state index is 12.2. The van der Waals surface area contributed by atoms with Crippen LogP contribution in [0.3, 0.4) is 0 Å². The van der Waals surface area contributed by atoms with Crippen LogP contribution in [0.5, 0.6) is 0 Å². The number of hydrogen-bond acceptors (Lipinski definition) is 5. The van der Waals surface area contributed by atoms with Crippen molar-refractivity contribution >= 4 is 42.5 Å². The zero-order valence-electron chi connectivity index (χ0n) is 14.8. The Hall–Kier alpha value is -1.79. The van der Waals surface area contributed by atoms with E-state index in [0.717, 1.165) is 21.8 Å². The summed E-state index contributed by atoms with van der Waals surface area (Å²) in [6.07, 6.45) is 0. The van der Waals surface area contributed by atoms with Gasteiger partial charge in [0.25, 0.3) is 0 Å². The van der Waals surface area contributed by atoms with Gasteiger partial charge in [-0.2, -0.15) is 12.6 Å². The molecule has 1 unspecified atom stereocenters. The Bertz CT molecular complexity index is 717. The molecule has 2 aromatic rings. The van der Waals surface area contributed by atoms with E-state index in [1.165, 1.54) is 5.56 Å². The quantitative estimate of drug-likeness (QED) is 0.442. The number of hydrogen-bond donors (Lipinski definition) is 4. The van der Waals surface area contributed by atoms with Crippen molar-refractivity contribution in [3.63, 3.8) is 0 Å². The van der Waals surface area contributed by atoms with Gasteiger partial charge in [-0.15, -0.1) is 12.6 Å². The lowest BCUT2D eigenvalue weighted by Crippen LogP contribution is -2.31. The topological polar surface area (TPSA) is 44.4 Å². The first-order chi connectivity index (χ1) is 11.9. The molecule has 0 spiro atoms. The van der Waals surface area contributed by atoms with Crippen molar-refractivity contribution in [2.45, 2.75) is 17.1 Å². The van der Waals surface area contributed by atoms with Gasteiger partial charge >= 0.3 is 0 Å². The van der Waals surface area contributed by atoms with Crippen LogP contribution >= 0.6 is 25.3 Å². The van der Waals surface area contributed by atoms with Gasteiger partial charge < -0.3 is 15.5 Å². The molecule has 0 saturated carbocycles. The third-order valence-electron chi connectivity index (χ3n) is 3.87. The number of rotatable bonds is 7. The average molecular weight is 376 g/mol. The summed E-state index contributed by atoms with van der Waals surface area (Å²) in [6, 6.07) is 13.9. The average Bonchev–Trinajstić information content (AvgIpc) is 2.59. The van der Waals surface area contributed by atoms with Gasteiger partial charge in [-0.1, -0.05) is 18.2 Å². The van der Waals surface area contributed by atoms with Crippen molar-refractivity contribution in [2.75, 3.05) is 37.4 Å². The van der Waals surface area contributed by atoms with Crippen LogP contribution in [0.25, 0.3) is 0 Å². The van der Waals surface area contributed by atoms with Gasteiger partial charge in [-0.3, -0.25) is 4.79 Å². The van der Waals surface area contributed by atoms with E-state index in [9.17, 15) is 4.79 Å². The molecule has 1 atom stereocenters. The molecule has 0 saturated heterocycles. The van der Waals surface area contributed by atoms with E-state index in [4.69, 9.17) is 0 Å². The van der Waals surface area contributed by atoms with Crippen molar-refractivity contribution in [1.82, 2.24) is 5.32 Å². The molecule has 25 heavy (non-hydrogen) atoms. The van der Waals surface area contributed by atoms with Gasteiger partial charge in [0.2, 0.25) is 5.91 Å². The molecule has 0 aromatic heterocycles. The molecule has 0 aliphatic carbocycles. The van der Waals surface area contributed by atoms with Crippen molar-refractivity contribution in [3.8, 4) is 0 Å². The summed E-state index contributed by atoms with van der Waals surface area (Å²) in [5.74, 6) is -0.0993. The first-order valence-corrected chi connectivity index (χ1v) is 9.11. The second-order valence-corrected chi connectivity index (χ2v) is 7.13. The van der Waals surface area contributed by atoms with Crippen LogP contribution in [0, 0.1) is 6.92 Å². The van der Waals surface area contributed by atoms with Crippen molar-refractivity contribution in [1.29, 1.82) is 0 Å². The molecule has 0 radical (unpaired) electrons. The molecule has 4 nitrogen and oxygen atoms in total. The number of anilines is 2. The number of thiol groups is 2. The zero-order valence-corrected chi connectivity index (χ0v) is 16.6. The summed E-state index contributed by atoms with van der Waals surface area (Å²) in [6.45, 7) is 3.18. The molecule has 1 amide bonds. The first-order valence-electron chi connectivity index (χ1n) is 8.15. The Labute approximate surface area is 160 Å². The Balaban J connectivity index is 1.81. The highest BCUT2D eigenvalue weighted by molar-refractivity contribution is 7.81. The van der Waals surface area contributed by atoms with Crippen LogP contribution in [0.15, 0.2) is 47.4 Å². The van der Waals surface area contributed by atoms with Crippen LogP contribution < -0.4 is 15.5 Å². The Morgan fingerprint density at radius 2 is 1.80 bits per heavy atom. The maximum Gasteiger partial charge on any atom is 0.237 e. The summed E-state index contributed by atoms with van der Waals surface area (Å²) in [5, 5.41) is 5.70. The molecule has 0 aliphatic rings. The largest absolute Gasteiger partial charge is 0.382 e. The third-order valence-corrected chi connectivity index (χ3v) is 4.77. The third kappa shape index (κ3) is 5.61. The highest BCUT2D eigenvalue weighted by atomic mass is 32.1. The molecule has 0 bridgehead atoms. The number of benzene rings is 2. The van der Waals surface area contributed by atoms with Crippen molar-refractivity contribution in [2.24, 2.45) is 0 Å². The smallest absolute Gasteiger partial charge is 0.237 e. The van der Waals surface area contributed by atoms with Crippen LogP contribution in [0.4, 0.5) is 11.4 Å². The molecule has 2 rings (SSSR count). The molecule has 0 heterocycles. The van der Waals surface area contributed by atoms with E-state index in [0.29, 0.717) is 13.1 Å². The van der Waals surface area contributed by atoms with Crippen LogP contribution in [0.2, 0.25) is 0 Å². The molecular formula is C19H25N3OS2. The van der Waals surface area contributed by atoms with Crippen molar-refractivity contribution < 1.29 is 4.79 Å². The fraction of sp³-hybridized carbons (Fsp3) is 0.316. The summed E-state index contributed by atoms with van der Waals surface area (Å²) >= 11 is 8.89. The second-order valence-electron chi connectivity index (χ2n) is 6.13. The minimum atomic E-state index is -0.476. The monoisotopic (exact) mass is 375 g/mol. The zero-order chi connectivity index (χ0) is 18.4. The van der Waals surface area contributed by atoms with E-state index < -0.39 is 5.25 Å². The van der Waals surface area contributed by atoms with Gasteiger partial charge in [-0.25, -0.2) is 0 Å². The normalized spacial score (nSPS) is 11.7. The summed E-state index contributed by atoms with van der Waals surface area (Å²) in [5.41, 5.74) is 4.11. The number of aryl methyl sites for hydroxylation is 1. The Morgan fingerprint density at radius 3 is 2.40 bits per heavy atom. The van der Waals surface area contributed by atoms with Crippen molar-refractivity contribution in [3.05, 3.63) is 53.6 Å². The van der Waals surface area contributed by atoms with E-state index in [-0.39, 0.29) is 5.91 Å². The Morgan fingerprint density at radius 1 is 1.12 bits per heavy atom. The number of nitrogens with zero attached hydrogens (tertiary/aromatic N) is 1. The van der Waals surface area contributed by atoms with Crippen LogP contribution in [-0.2, 0) is 4.79 Å². The highest BCUT2D eigenvalue weighted by Gasteiger charge is 2.15. The maximum atomic E-state index is 12.2. The van der Waals surface area contributed by atoms with E-state index >= 15 is 0 Å². The minimum absolute atomic E-state index is 0.0993. The van der Waals surface area contributed by atoms with Gasteiger partial charge in [0.15, 0.2) is 0 Å². The minimum Gasteiger partial charge on any atom is -0.382 e. The molecule has 6 heteroatoms. The van der Waals surface area contributed by atoms with E-state index in [1.807, 2.05) is 68.4 Å². The lowest BCUT2D eigenvalue weighted by molar-refractivity contribution is -0.120. The molecular weight excluding hydrogens is 350 g/mol. The standard InChI is InChI=1S/C19H25N3OS2/c1-13-4-9-16(17(24)12-13)20-10-11-21-19(23)18(25)14-5-7-15(8-6-14)22(2)3/h4-9,12,18,20,24-25H,10-11H2,1-3H3,(H,21,23). The predicted octanol–water partition coefficient (Wildman–Crippen LogP) is 3.55. The SMILES string of the molecule is Cc1ccc(NCCNC(=O)C(S)c2ccc(N(C)C)cc2)c(S)c1. The lowest BCUT2D eigenvalue weighted by atomic mass is 10.1. The number of amides is 1. The second kappa shape index (κ2) is 9.06. The van der Waals surface area contributed by atoms with Gasteiger partial charge in [0, 0.05) is 43.5 Å². The molecule has 0 fully saturated rings. The van der Waals surface area contributed by atoms with Crippen LogP contribution in [-0.4, -0.2) is 33.1 Å². The highest BCUT2D eigenvalue weighted by Crippen LogP contribution is 2.23. The van der Waals surface area contributed by atoms with E-state index in [2.05, 4.69) is 35.9 Å². The first kappa shape index (κ1) is 19.5. The van der Waals surface area contributed by atoms with Gasteiger partial charge in [0.05, 0.1) is 0 Å².